The van der Waals surface area contributed by atoms with Crippen LogP contribution in [-0.2, 0) is 4.79 Å². The predicted molar refractivity (Wildman–Crippen MR) is 73.1 cm³/mol. The lowest BCUT2D eigenvalue weighted by molar-refractivity contribution is -0.125. The molecule has 0 aliphatic carbocycles. The zero-order valence-electron chi connectivity index (χ0n) is 11.8. The second-order valence-corrected chi connectivity index (χ2v) is 4.57. The summed E-state index contributed by atoms with van der Waals surface area (Å²) in [6, 6.07) is 5.19. The number of rotatable bonds is 3. The van der Waals surface area contributed by atoms with E-state index >= 15 is 0 Å². The monoisotopic (exact) mass is 278 g/mol. The van der Waals surface area contributed by atoms with Gasteiger partial charge in [0, 0.05) is 25.9 Å². The lowest BCUT2D eigenvalue weighted by Crippen LogP contribution is -2.38. The van der Waals surface area contributed by atoms with Crippen LogP contribution >= 0.6 is 0 Å². The minimum absolute atomic E-state index is 0.0143. The van der Waals surface area contributed by atoms with Gasteiger partial charge < -0.3 is 14.8 Å². The van der Waals surface area contributed by atoms with Gasteiger partial charge in [-0.15, -0.1) is 0 Å². The van der Waals surface area contributed by atoms with Crippen LogP contribution in [0.3, 0.4) is 0 Å². The van der Waals surface area contributed by atoms with E-state index in [0.717, 1.165) is 5.56 Å². The van der Waals surface area contributed by atoms with E-state index in [2.05, 4.69) is 5.32 Å². The largest absolute Gasteiger partial charge is 0.493 e. The van der Waals surface area contributed by atoms with Crippen molar-refractivity contribution in [2.24, 2.45) is 0 Å². The first kappa shape index (κ1) is 14.2. The molecule has 2 rings (SSSR count). The molecule has 6 nitrogen and oxygen atoms in total. The highest BCUT2D eigenvalue weighted by atomic mass is 16.5. The number of likely N-dealkylation sites (tertiary alicyclic amines) is 1. The number of methoxy groups -OCH3 is 2. The summed E-state index contributed by atoms with van der Waals surface area (Å²) >= 11 is 0. The van der Waals surface area contributed by atoms with Crippen molar-refractivity contribution >= 4 is 11.9 Å². The third-order valence-electron chi connectivity index (χ3n) is 3.46. The first-order valence-electron chi connectivity index (χ1n) is 6.34. The van der Waals surface area contributed by atoms with Gasteiger partial charge in [-0.1, -0.05) is 6.07 Å². The molecule has 1 aromatic rings. The van der Waals surface area contributed by atoms with Gasteiger partial charge in [0.2, 0.25) is 5.91 Å². The Morgan fingerprint density at radius 3 is 2.60 bits per heavy atom. The van der Waals surface area contributed by atoms with Crippen molar-refractivity contribution in [1.29, 1.82) is 0 Å². The minimum Gasteiger partial charge on any atom is -0.493 e. The van der Waals surface area contributed by atoms with Crippen molar-refractivity contribution < 1.29 is 19.1 Å². The molecule has 1 aliphatic heterocycles. The zero-order chi connectivity index (χ0) is 14.7. The van der Waals surface area contributed by atoms with Gasteiger partial charge in [-0.25, -0.2) is 4.79 Å². The number of imide groups is 1. The highest BCUT2D eigenvalue weighted by Crippen LogP contribution is 2.34. The van der Waals surface area contributed by atoms with Gasteiger partial charge in [-0.2, -0.15) is 0 Å². The summed E-state index contributed by atoms with van der Waals surface area (Å²) in [5.41, 5.74) is 0.961. The Balaban J connectivity index is 2.21. The quantitative estimate of drug-likeness (QED) is 0.906. The summed E-state index contributed by atoms with van der Waals surface area (Å²) in [7, 11) is 4.65. The summed E-state index contributed by atoms with van der Waals surface area (Å²) in [4.78, 5) is 24.7. The van der Waals surface area contributed by atoms with Crippen molar-refractivity contribution in [2.75, 3.05) is 27.8 Å². The summed E-state index contributed by atoms with van der Waals surface area (Å²) in [5.74, 6) is 1.09. The minimum atomic E-state index is -0.363. The maximum Gasteiger partial charge on any atom is 0.323 e. The normalized spacial score (nSPS) is 18.1. The van der Waals surface area contributed by atoms with Crippen LogP contribution in [0.2, 0.25) is 0 Å². The molecule has 0 radical (unpaired) electrons. The van der Waals surface area contributed by atoms with E-state index in [9.17, 15) is 9.59 Å². The fourth-order valence-corrected chi connectivity index (χ4v) is 2.37. The summed E-state index contributed by atoms with van der Waals surface area (Å²) in [6.07, 6.45) is 0.322. The molecule has 1 fully saturated rings. The van der Waals surface area contributed by atoms with Crippen LogP contribution in [0.1, 0.15) is 17.9 Å². The smallest absolute Gasteiger partial charge is 0.323 e. The second-order valence-electron chi connectivity index (χ2n) is 4.57. The van der Waals surface area contributed by atoms with E-state index in [4.69, 9.17) is 9.47 Å². The number of ether oxygens (including phenoxy) is 2. The SMILES string of the molecule is CNC(=O)N1CC(c2ccc(OC)c(OC)c2)CC1=O. The molecule has 0 spiro atoms. The molecule has 0 aromatic heterocycles. The molecule has 1 saturated heterocycles. The maximum atomic E-state index is 11.8. The zero-order valence-corrected chi connectivity index (χ0v) is 11.8. The number of carbonyl (C=O) groups is 2. The first-order chi connectivity index (χ1) is 9.60. The van der Waals surface area contributed by atoms with Gasteiger partial charge in [-0.05, 0) is 17.7 Å². The van der Waals surface area contributed by atoms with E-state index in [-0.39, 0.29) is 17.9 Å². The standard InChI is InChI=1S/C14H18N2O4/c1-15-14(18)16-8-10(7-13(16)17)9-4-5-11(19-2)12(6-9)20-3/h4-6,10H,7-8H2,1-3H3,(H,15,18). The number of hydrogen-bond acceptors (Lipinski definition) is 4. The fraction of sp³-hybridized carbons (Fsp3) is 0.429. The van der Waals surface area contributed by atoms with E-state index < -0.39 is 0 Å². The first-order valence-corrected chi connectivity index (χ1v) is 6.34. The average Bonchev–Trinajstić information content (AvgIpc) is 2.87. The van der Waals surface area contributed by atoms with Crippen LogP contribution in [-0.4, -0.2) is 44.7 Å². The molecule has 0 bridgehead atoms. The molecule has 108 valence electrons. The van der Waals surface area contributed by atoms with Gasteiger partial charge in [-0.3, -0.25) is 9.69 Å². The molecule has 1 atom stereocenters. The van der Waals surface area contributed by atoms with Crippen LogP contribution in [0, 0.1) is 0 Å². The Hall–Kier alpha value is -2.24. The average molecular weight is 278 g/mol. The lowest BCUT2D eigenvalue weighted by atomic mass is 9.98. The van der Waals surface area contributed by atoms with E-state index in [0.29, 0.717) is 24.5 Å². The molecule has 1 heterocycles. The number of amides is 3. The Bertz CT molecular complexity index is 530. The Morgan fingerprint density at radius 1 is 1.30 bits per heavy atom. The molecule has 6 heteroatoms. The lowest BCUT2D eigenvalue weighted by Gasteiger charge is -2.15. The number of nitrogens with zero attached hydrogens (tertiary/aromatic N) is 1. The van der Waals surface area contributed by atoms with Gasteiger partial charge in [0.05, 0.1) is 14.2 Å². The van der Waals surface area contributed by atoms with Crippen molar-refractivity contribution in [3.05, 3.63) is 23.8 Å². The van der Waals surface area contributed by atoms with Crippen molar-refractivity contribution in [2.45, 2.75) is 12.3 Å². The maximum absolute atomic E-state index is 11.8. The van der Waals surface area contributed by atoms with E-state index in [1.54, 1.807) is 20.3 Å². The van der Waals surface area contributed by atoms with Crippen LogP contribution < -0.4 is 14.8 Å². The Kier molecular flexibility index (Phi) is 4.12. The highest BCUT2D eigenvalue weighted by Gasteiger charge is 2.34. The number of benzene rings is 1. The number of urea groups is 1. The van der Waals surface area contributed by atoms with E-state index in [1.807, 2.05) is 12.1 Å². The molecule has 3 amide bonds. The number of hydrogen-bond donors (Lipinski definition) is 1. The van der Waals surface area contributed by atoms with Gasteiger partial charge >= 0.3 is 6.03 Å². The van der Waals surface area contributed by atoms with Gasteiger partial charge in [0.1, 0.15) is 0 Å². The third-order valence-corrected chi connectivity index (χ3v) is 3.46. The molecule has 20 heavy (non-hydrogen) atoms. The van der Waals surface area contributed by atoms with Crippen LogP contribution in [0.25, 0.3) is 0 Å². The predicted octanol–water partition coefficient (Wildman–Crippen LogP) is 1.36. The van der Waals surface area contributed by atoms with Crippen molar-refractivity contribution in [3.8, 4) is 11.5 Å². The topological polar surface area (TPSA) is 67.9 Å². The summed E-state index contributed by atoms with van der Waals surface area (Å²) < 4.78 is 10.4. The second kappa shape index (κ2) is 5.81. The Labute approximate surface area is 117 Å². The van der Waals surface area contributed by atoms with Gasteiger partial charge in [0.15, 0.2) is 11.5 Å². The van der Waals surface area contributed by atoms with Crippen LogP contribution in [0.5, 0.6) is 11.5 Å². The highest BCUT2D eigenvalue weighted by molar-refractivity contribution is 5.96. The molecular weight excluding hydrogens is 260 g/mol. The molecular formula is C14H18N2O4. The fourth-order valence-electron chi connectivity index (χ4n) is 2.37. The van der Waals surface area contributed by atoms with E-state index in [1.165, 1.54) is 11.9 Å². The molecule has 0 saturated carbocycles. The Morgan fingerprint density at radius 2 is 2.00 bits per heavy atom. The van der Waals surface area contributed by atoms with Crippen LogP contribution in [0.15, 0.2) is 18.2 Å². The van der Waals surface area contributed by atoms with Crippen molar-refractivity contribution in [1.82, 2.24) is 10.2 Å². The summed E-state index contributed by atoms with van der Waals surface area (Å²) in [5, 5.41) is 2.47. The molecule has 1 unspecified atom stereocenters. The van der Waals surface area contributed by atoms with Crippen molar-refractivity contribution in [3.63, 3.8) is 0 Å². The number of carbonyl (C=O) groups excluding carboxylic acids is 2. The number of nitrogens with one attached hydrogen (secondary N) is 1. The molecule has 1 N–H and O–H groups in total. The molecule has 1 aliphatic rings. The molecule has 1 aromatic carbocycles. The van der Waals surface area contributed by atoms with Gasteiger partial charge in [0.25, 0.3) is 0 Å². The third kappa shape index (κ3) is 2.54. The summed E-state index contributed by atoms with van der Waals surface area (Å²) in [6.45, 7) is 0.383. The van der Waals surface area contributed by atoms with Crippen LogP contribution in [0.4, 0.5) is 4.79 Å².